The van der Waals surface area contributed by atoms with Crippen LogP contribution >= 0.6 is 0 Å². The Morgan fingerprint density at radius 2 is 1.69 bits per heavy atom. The third-order valence-corrected chi connectivity index (χ3v) is 5.66. The summed E-state index contributed by atoms with van der Waals surface area (Å²) in [5.74, 6) is 0.992. The van der Waals surface area contributed by atoms with Crippen molar-refractivity contribution in [1.82, 2.24) is 9.47 Å². The minimum Gasteiger partial charge on any atom is -0.490 e. The summed E-state index contributed by atoms with van der Waals surface area (Å²) in [6.07, 6.45) is 7.81. The van der Waals surface area contributed by atoms with Crippen LogP contribution in [0.3, 0.4) is 0 Å². The topological polar surface area (TPSA) is 17.4 Å². The molecule has 134 valence electrons. The number of fused-ring (bicyclic) bond motifs is 1. The maximum absolute atomic E-state index is 5.88. The van der Waals surface area contributed by atoms with Gasteiger partial charge in [-0.15, -0.1) is 0 Å². The molecular weight excluding hydrogens is 320 g/mol. The summed E-state index contributed by atoms with van der Waals surface area (Å²) in [5.41, 5.74) is 3.90. The second-order valence-corrected chi connectivity index (χ2v) is 7.64. The lowest BCUT2D eigenvalue weighted by atomic mass is 10.0. The summed E-state index contributed by atoms with van der Waals surface area (Å²) < 4.78 is 8.28. The van der Waals surface area contributed by atoms with Gasteiger partial charge in [0.25, 0.3) is 0 Å². The first-order valence-electron chi connectivity index (χ1n) is 9.94. The van der Waals surface area contributed by atoms with Crippen LogP contribution in [-0.2, 0) is 6.54 Å². The van der Waals surface area contributed by atoms with Gasteiger partial charge in [-0.25, -0.2) is 0 Å². The van der Waals surface area contributed by atoms with E-state index in [1.165, 1.54) is 60.8 Å². The molecule has 1 saturated carbocycles. The number of hydrogen-bond acceptors (Lipinski definition) is 2. The highest BCUT2D eigenvalue weighted by atomic mass is 16.5. The molecule has 2 heterocycles. The Hall–Kier alpha value is -2.26. The zero-order valence-electron chi connectivity index (χ0n) is 15.2. The van der Waals surface area contributed by atoms with Gasteiger partial charge < -0.3 is 14.2 Å². The predicted molar refractivity (Wildman–Crippen MR) is 107 cm³/mol. The van der Waals surface area contributed by atoms with E-state index in [0.717, 1.165) is 18.8 Å². The van der Waals surface area contributed by atoms with E-state index < -0.39 is 0 Å². The van der Waals surface area contributed by atoms with Crippen molar-refractivity contribution in [2.75, 3.05) is 19.6 Å². The summed E-state index contributed by atoms with van der Waals surface area (Å²) in [4.78, 5) is 2.58. The lowest BCUT2D eigenvalue weighted by Crippen LogP contribution is -2.23. The molecule has 0 N–H and O–H groups in total. The number of ether oxygens (including phenoxy) is 1. The second-order valence-electron chi connectivity index (χ2n) is 7.64. The fourth-order valence-corrected chi connectivity index (χ4v) is 4.02. The summed E-state index contributed by atoms with van der Waals surface area (Å²) in [7, 11) is 0. The molecule has 0 spiro atoms. The molecule has 26 heavy (non-hydrogen) atoms. The first-order chi connectivity index (χ1) is 12.9. The minimum atomic E-state index is 0.453. The summed E-state index contributed by atoms with van der Waals surface area (Å²) in [6.45, 7) is 4.75. The quantitative estimate of drug-likeness (QED) is 0.629. The van der Waals surface area contributed by atoms with E-state index in [4.69, 9.17) is 4.74 Å². The van der Waals surface area contributed by atoms with Crippen LogP contribution in [-0.4, -0.2) is 35.2 Å². The molecule has 2 aromatic carbocycles. The van der Waals surface area contributed by atoms with Crippen LogP contribution in [0.25, 0.3) is 22.0 Å². The summed E-state index contributed by atoms with van der Waals surface area (Å²) in [6, 6.07) is 17.5. The third kappa shape index (κ3) is 3.24. The molecule has 3 aromatic rings. The van der Waals surface area contributed by atoms with Crippen molar-refractivity contribution in [2.24, 2.45) is 0 Å². The first kappa shape index (κ1) is 16.0. The maximum Gasteiger partial charge on any atom is 0.119 e. The van der Waals surface area contributed by atoms with Crippen LogP contribution in [0.4, 0.5) is 0 Å². The molecule has 0 amide bonds. The van der Waals surface area contributed by atoms with E-state index in [2.05, 4.69) is 64.2 Å². The fourth-order valence-electron chi connectivity index (χ4n) is 4.02. The highest BCUT2D eigenvalue weighted by Crippen LogP contribution is 2.32. The zero-order chi connectivity index (χ0) is 17.3. The van der Waals surface area contributed by atoms with Crippen molar-refractivity contribution in [3.63, 3.8) is 0 Å². The van der Waals surface area contributed by atoms with Gasteiger partial charge in [0.2, 0.25) is 0 Å². The number of nitrogens with zero attached hydrogens (tertiary/aromatic N) is 2. The smallest absolute Gasteiger partial charge is 0.119 e. The molecule has 0 bridgehead atoms. The van der Waals surface area contributed by atoms with E-state index in [9.17, 15) is 0 Å². The van der Waals surface area contributed by atoms with E-state index in [1.807, 2.05) is 0 Å². The zero-order valence-corrected chi connectivity index (χ0v) is 15.2. The molecule has 2 fully saturated rings. The number of rotatable bonds is 6. The number of likely N-dealkylation sites (tertiary alicyclic amines) is 1. The fraction of sp³-hybridized carbons (Fsp3) is 0.391. The van der Waals surface area contributed by atoms with Crippen molar-refractivity contribution >= 4 is 10.9 Å². The lowest BCUT2D eigenvalue weighted by Gasteiger charge is -2.15. The van der Waals surface area contributed by atoms with Crippen LogP contribution in [0, 0.1) is 0 Å². The average molecular weight is 346 g/mol. The first-order valence-corrected chi connectivity index (χ1v) is 9.94. The number of aromatic nitrogens is 1. The Morgan fingerprint density at radius 1 is 0.885 bits per heavy atom. The maximum atomic E-state index is 5.88. The van der Waals surface area contributed by atoms with Gasteiger partial charge in [-0.1, -0.05) is 24.3 Å². The molecule has 0 radical (unpaired) electrons. The van der Waals surface area contributed by atoms with Gasteiger partial charge in [0.05, 0.1) is 6.10 Å². The molecule has 1 saturated heterocycles. The molecular formula is C23H26N2O. The van der Waals surface area contributed by atoms with Gasteiger partial charge in [-0.2, -0.15) is 0 Å². The Kier molecular flexibility index (Phi) is 4.18. The van der Waals surface area contributed by atoms with Gasteiger partial charge in [0.15, 0.2) is 0 Å². The van der Waals surface area contributed by atoms with Crippen LogP contribution in [0.15, 0.2) is 54.7 Å². The van der Waals surface area contributed by atoms with E-state index >= 15 is 0 Å². The van der Waals surface area contributed by atoms with E-state index in [-0.39, 0.29) is 0 Å². The standard InChI is InChI=1S/C23H26N2O/c1-2-14-24(13-1)16-17-25-15-12-22-21(4-3-5-23(22)25)18-6-8-19(9-7-18)26-20-10-11-20/h3-9,12,15,20H,1-2,10-11,13-14,16-17H2. The Balaban J connectivity index is 1.39. The van der Waals surface area contributed by atoms with Crippen molar-refractivity contribution in [3.8, 4) is 16.9 Å². The molecule has 1 aliphatic carbocycles. The molecule has 2 aliphatic rings. The Bertz CT molecular complexity index is 886. The Morgan fingerprint density at radius 3 is 2.46 bits per heavy atom. The van der Waals surface area contributed by atoms with E-state index in [0.29, 0.717) is 6.10 Å². The number of benzene rings is 2. The minimum absolute atomic E-state index is 0.453. The molecule has 0 unspecified atom stereocenters. The van der Waals surface area contributed by atoms with Crippen molar-refractivity contribution in [3.05, 3.63) is 54.7 Å². The number of hydrogen-bond donors (Lipinski definition) is 0. The highest BCUT2D eigenvalue weighted by molar-refractivity contribution is 5.95. The van der Waals surface area contributed by atoms with Gasteiger partial charge in [-0.05, 0) is 74.2 Å². The van der Waals surface area contributed by atoms with Crippen molar-refractivity contribution < 1.29 is 4.74 Å². The SMILES string of the molecule is c1cc(-c2ccc(OC3CC3)cc2)c2ccn(CCN3CCCC3)c2c1. The van der Waals surface area contributed by atoms with Gasteiger partial charge >= 0.3 is 0 Å². The highest BCUT2D eigenvalue weighted by Gasteiger charge is 2.23. The average Bonchev–Trinajstić information content (AvgIpc) is 3.17. The van der Waals surface area contributed by atoms with Crippen LogP contribution in [0.2, 0.25) is 0 Å². The van der Waals surface area contributed by atoms with Crippen molar-refractivity contribution in [2.45, 2.75) is 38.3 Å². The largest absolute Gasteiger partial charge is 0.490 e. The van der Waals surface area contributed by atoms with Gasteiger partial charge in [0, 0.05) is 30.2 Å². The molecule has 3 heteroatoms. The monoisotopic (exact) mass is 346 g/mol. The van der Waals surface area contributed by atoms with Gasteiger partial charge in [-0.3, -0.25) is 0 Å². The molecule has 0 atom stereocenters. The third-order valence-electron chi connectivity index (χ3n) is 5.66. The Labute approximate surface area is 155 Å². The summed E-state index contributed by atoms with van der Waals surface area (Å²) >= 11 is 0. The molecule has 1 aromatic heterocycles. The van der Waals surface area contributed by atoms with E-state index in [1.54, 1.807) is 0 Å². The van der Waals surface area contributed by atoms with Crippen LogP contribution in [0.5, 0.6) is 5.75 Å². The van der Waals surface area contributed by atoms with Gasteiger partial charge in [0.1, 0.15) is 5.75 Å². The molecule has 3 nitrogen and oxygen atoms in total. The second kappa shape index (κ2) is 6.81. The summed E-state index contributed by atoms with van der Waals surface area (Å²) in [5, 5.41) is 1.34. The van der Waals surface area contributed by atoms with Crippen molar-refractivity contribution in [1.29, 1.82) is 0 Å². The lowest BCUT2D eigenvalue weighted by molar-refractivity contribution is 0.303. The molecule has 1 aliphatic heterocycles. The van der Waals surface area contributed by atoms with Crippen LogP contribution in [0.1, 0.15) is 25.7 Å². The normalized spacial score (nSPS) is 17.8. The predicted octanol–water partition coefficient (Wildman–Crippen LogP) is 4.95. The molecule has 5 rings (SSSR count). The van der Waals surface area contributed by atoms with Crippen LogP contribution < -0.4 is 4.74 Å².